The molecule has 0 saturated carbocycles. The largest absolute Gasteiger partial charge is 0.497 e. The molecule has 0 aromatic heterocycles. The molecule has 27 heavy (non-hydrogen) atoms. The zero-order valence-corrected chi connectivity index (χ0v) is 20.4. The molecule has 0 fully saturated rings. The molecule has 0 saturated heterocycles. The van der Waals surface area contributed by atoms with Crippen LogP contribution in [-0.4, -0.2) is 52.6 Å². The molecule has 1 aromatic carbocycles. The molecule has 1 atom stereocenters. The van der Waals surface area contributed by atoms with Gasteiger partial charge in [0.25, 0.3) is 0 Å². The second kappa shape index (κ2) is 11.7. The first-order valence-corrected chi connectivity index (χ1v) is 11.0. The van der Waals surface area contributed by atoms with E-state index in [4.69, 9.17) is 9.73 Å². The first-order valence-electron chi connectivity index (χ1n) is 8.94. The Bertz CT molecular complexity index is 706. The van der Waals surface area contributed by atoms with Gasteiger partial charge in [0, 0.05) is 24.3 Å². The van der Waals surface area contributed by atoms with E-state index >= 15 is 0 Å². The molecule has 1 aromatic rings. The lowest BCUT2D eigenvalue weighted by molar-refractivity contribution is 0.412. The van der Waals surface area contributed by atoms with Gasteiger partial charge in [-0.2, -0.15) is 0 Å². The summed E-state index contributed by atoms with van der Waals surface area (Å²) in [5.74, 6) is 1.69. The molecule has 1 unspecified atom stereocenters. The smallest absolute Gasteiger partial charge is 0.191 e. The Morgan fingerprint density at radius 1 is 1.33 bits per heavy atom. The highest BCUT2D eigenvalue weighted by atomic mass is 127. The number of ether oxygens (including phenoxy) is 1. The van der Waals surface area contributed by atoms with Crippen molar-refractivity contribution in [1.82, 2.24) is 10.6 Å². The molecule has 0 radical (unpaired) electrons. The van der Waals surface area contributed by atoms with Gasteiger partial charge in [0.2, 0.25) is 0 Å². The molecular formula is C19H34IN3O3S. The van der Waals surface area contributed by atoms with E-state index in [1.807, 2.05) is 32.0 Å². The van der Waals surface area contributed by atoms with Crippen LogP contribution in [0.2, 0.25) is 0 Å². The van der Waals surface area contributed by atoms with Crippen LogP contribution in [0.4, 0.5) is 0 Å². The molecule has 0 aliphatic rings. The van der Waals surface area contributed by atoms with E-state index < -0.39 is 9.84 Å². The highest BCUT2D eigenvalue weighted by Gasteiger charge is 2.21. The van der Waals surface area contributed by atoms with Crippen molar-refractivity contribution in [3.63, 3.8) is 0 Å². The molecule has 0 amide bonds. The van der Waals surface area contributed by atoms with Crippen LogP contribution in [0.25, 0.3) is 0 Å². The number of hydrogen-bond donors (Lipinski definition) is 2. The molecule has 8 heteroatoms. The van der Waals surface area contributed by atoms with Gasteiger partial charge in [-0.25, -0.2) is 8.42 Å². The van der Waals surface area contributed by atoms with Gasteiger partial charge >= 0.3 is 0 Å². The summed E-state index contributed by atoms with van der Waals surface area (Å²) >= 11 is 0. The van der Waals surface area contributed by atoms with Gasteiger partial charge in [0.05, 0.1) is 19.4 Å². The molecule has 0 bridgehead atoms. The van der Waals surface area contributed by atoms with E-state index in [2.05, 4.69) is 30.5 Å². The molecule has 2 N–H and O–H groups in total. The van der Waals surface area contributed by atoms with Gasteiger partial charge < -0.3 is 15.4 Å². The highest BCUT2D eigenvalue weighted by molar-refractivity contribution is 14.0. The maximum absolute atomic E-state index is 11.3. The van der Waals surface area contributed by atoms with Crippen LogP contribution in [0, 0.1) is 0 Å². The van der Waals surface area contributed by atoms with Crippen molar-refractivity contribution in [1.29, 1.82) is 0 Å². The van der Waals surface area contributed by atoms with E-state index in [9.17, 15) is 8.42 Å². The lowest BCUT2D eigenvalue weighted by Crippen LogP contribution is -2.43. The quantitative estimate of drug-likeness (QED) is 0.303. The van der Waals surface area contributed by atoms with Crippen molar-refractivity contribution in [2.24, 2.45) is 4.99 Å². The summed E-state index contributed by atoms with van der Waals surface area (Å²) in [4.78, 5) is 4.71. The second-order valence-electron chi connectivity index (χ2n) is 7.27. The van der Waals surface area contributed by atoms with Gasteiger partial charge in [-0.15, -0.1) is 24.0 Å². The normalized spacial score (nSPS) is 13.5. The standard InChI is InChI=1S/C19H33N3O3S.HI/c1-7-20-18(22-15(2)11-12-26(6,23)24)21-14-19(3,4)16-9-8-10-17(13-16)25-5;/h8-10,13,15H,7,11-12,14H2,1-6H3,(H2,20,21,22);1H. The molecule has 0 aliphatic heterocycles. The fraction of sp³-hybridized carbons (Fsp3) is 0.632. The van der Waals surface area contributed by atoms with E-state index in [1.165, 1.54) is 6.26 Å². The number of aliphatic imine (C=N–C) groups is 1. The van der Waals surface area contributed by atoms with E-state index in [0.717, 1.165) is 17.9 Å². The van der Waals surface area contributed by atoms with Gasteiger partial charge in [-0.05, 0) is 38.0 Å². The topological polar surface area (TPSA) is 79.8 Å². The van der Waals surface area contributed by atoms with Crippen molar-refractivity contribution < 1.29 is 13.2 Å². The summed E-state index contributed by atoms with van der Waals surface area (Å²) in [6, 6.07) is 8.04. The minimum atomic E-state index is -2.96. The second-order valence-corrected chi connectivity index (χ2v) is 9.53. The first kappa shape index (κ1) is 26.0. The van der Waals surface area contributed by atoms with Crippen LogP contribution in [0.15, 0.2) is 29.3 Å². The fourth-order valence-electron chi connectivity index (χ4n) is 2.43. The van der Waals surface area contributed by atoms with Crippen LogP contribution < -0.4 is 15.4 Å². The Labute approximate surface area is 181 Å². The molecule has 6 nitrogen and oxygen atoms in total. The van der Waals surface area contributed by atoms with Crippen LogP contribution in [0.5, 0.6) is 5.75 Å². The number of rotatable bonds is 9. The summed E-state index contributed by atoms with van der Waals surface area (Å²) in [7, 11) is -1.30. The highest BCUT2D eigenvalue weighted by Crippen LogP contribution is 2.26. The molecule has 0 spiro atoms. The summed E-state index contributed by atoms with van der Waals surface area (Å²) in [5, 5.41) is 6.51. The number of nitrogens with zero attached hydrogens (tertiary/aromatic N) is 1. The minimum absolute atomic E-state index is 0. The molecule has 1 rings (SSSR count). The van der Waals surface area contributed by atoms with Crippen molar-refractivity contribution in [3.8, 4) is 5.75 Å². The third kappa shape index (κ3) is 10.2. The zero-order chi connectivity index (χ0) is 19.8. The summed E-state index contributed by atoms with van der Waals surface area (Å²) in [6.45, 7) is 9.58. The average Bonchev–Trinajstić information content (AvgIpc) is 2.57. The van der Waals surface area contributed by atoms with Crippen molar-refractivity contribution in [2.45, 2.75) is 45.6 Å². The van der Waals surface area contributed by atoms with E-state index in [-0.39, 0.29) is 41.2 Å². The molecule has 0 aliphatic carbocycles. The SMILES string of the molecule is CCNC(=NCC(C)(C)c1cccc(OC)c1)NC(C)CCS(C)(=O)=O.I. The van der Waals surface area contributed by atoms with E-state index in [1.54, 1.807) is 7.11 Å². The lowest BCUT2D eigenvalue weighted by atomic mass is 9.84. The maximum Gasteiger partial charge on any atom is 0.191 e. The van der Waals surface area contributed by atoms with Gasteiger partial charge in [-0.3, -0.25) is 4.99 Å². The Balaban J connectivity index is 0.00000676. The van der Waals surface area contributed by atoms with Crippen LogP contribution in [-0.2, 0) is 15.3 Å². The average molecular weight is 511 g/mol. The number of nitrogens with one attached hydrogen (secondary N) is 2. The summed E-state index contributed by atoms with van der Waals surface area (Å²) < 4.78 is 28.0. The molecular weight excluding hydrogens is 477 g/mol. The Hall–Kier alpha value is -1.03. The fourth-order valence-corrected chi connectivity index (χ4v) is 3.21. The van der Waals surface area contributed by atoms with Crippen LogP contribution in [0.3, 0.4) is 0 Å². The first-order chi connectivity index (χ1) is 12.1. The zero-order valence-electron chi connectivity index (χ0n) is 17.2. The number of methoxy groups -OCH3 is 1. The third-order valence-corrected chi connectivity index (χ3v) is 5.11. The Kier molecular flexibility index (Phi) is 11.3. The van der Waals surface area contributed by atoms with Crippen molar-refractivity contribution in [2.75, 3.05) is 32.2 Å². The van der Waals surface area contributed by atoms with E-state index in [0.29, 0.717) is 18.9 Å². The number of sulfone groups is 1. The number of halogens is 1. The number of guanidine groups is 1. The summed E-state index contributed by atoms with van der Waals surface area (Å²) in [5.41, 5.74) is 0.994. The lowest BCUT2D eigenvalue weighted by Gasteiger charge is -2.25. The van der Waals surface area contributed by atoms with Crippen LogP contribution in [0.1, 0.15) is 39.7 Å². The Morgan fingerprint density at radius 2 is 2.00 bits per heavy atom. The van der Waals surface area contributed by atoms with Gasteiger partial charge in [0.1, 0.15) is 15.6 Å². The molecule has 156 valence electrons. The van der Waals surface area contributed by atoms with Gasteiger partial charge in [-0.1, -0.05) is 26.0 Å². The predicted octanol–water partition coefficient (Wildman–Crippen LogP) is 2.97. The maximum atomic E-state index is 11.3. The third-order valence-electron chi connectivity index (χ3n) is 4.13. The van der Waals surface area contributed by atoms with Crippen molar-refractivity contribution in [3.05, 3.63) is 29.8 Å². The van der Waals surface area contributed by atoms with Crippen LogP contribution >= 0.6 is 24.0 Å². The predicted molar refractivity (Wildman–Crippen MR) is 124 cm³/mol. The Morgan fingerprint density at radius 3 is 2.56 bits per heavy atom. The monoisotopic (exact) mass is 511 g/mol. The van der Waals surface area contributed by atoms with Crippen molar-refractivity contribution >= 4 is 39.8 Å². The minimum Gasteiger partial charge on any atom is -0.497 e. The summed E-state index contributed by atoms with van der Waals surface area (Å²) in [6.07, 6.45) is 1.80. The number of hydrogen-bond acceptors (Lipinski definition) is 4. The van der Waals surface area contributed by atoms with Gasteiger partial charge in [0.15, 0.2) is 5.96 Å². The molecule has 0 heterocycles. The number of benzene rings is 1.